The number of carbonyl (C=O) groups excluding carboxylic acids is 1. The second-order valence-electron chi connectivity index (χ2n) is 5.75. The number of likely N-dealkylation sites (tertiary alicyclic amines) is 1. The highest BCUT2D eigenvalue weighted by atomic mass is 16.3. The molecule has 3 heterocycles. The summed E-state index contributed by atoms with van der Waals surface area (Å²) in [7, 11) is 0. The molecule has 1 N–H and O–H groups in total. The minimum absolute atomic E-state index is 0.0870. The number of aliphatic hydroxyl groups is 1. The number of amides is 1. The number of pyridine rings is 1. The van der Waals surface area contributed by atoms with Crippen LogP contribution in [0.3, 0.4) is 0 Å². The second kappa shape index (κ2) is 4.90. The zero-order chi connectivity index (χ0) is 14.2. The first-order valence-corrected chi connectivity index (χ1v) is 6.96. The lowest BCUT2D eigenvalue weighted by Gasteiger charge is -2.35. The predicted molar refractivity (Wildman–Crippen MR) is 75.3 cm³/mol. The number of aromatic nitrogens is 2. The molecule has 2 aromatic heterocycles. The van der Waals surface area contributed by atoms with Gasteiger partial charge in [-0.2, -0.15) is 0 Å². The van der Waals surface area contributed by atoms with Crippen molar-refractivity contribution in [1.82, 2.24) is 14.3 Å². The molecule has 1 aliphatic heterocycles. The maximum Gasteiger partial charge on any atom is 0.228 e. The Morgan fingerprint density at radius 3 is 2.85 bits per heavy atom. The van der Waals surface area contributed by atoms with Crippen LogP contribution in [-0.4, -0.2) is 44.0 Å². The largest absolute Gasteiger partial charge is 0.390 e. The van der Waals surface area contributed by atoms with Gasteiger partial charge in [0.2, 0.25) is 5.91 Å². The molecule has 0 spiro atoms. The molecule has 20 heavy (non-hydrogen) atoms. The SMILES string of the molecule is CC1(O)CCN(C(=O)Cc2cn3ccccc3n2)CC1. The third-order valence-electron chi connectivity index (χ3n) is 3.94. The van der Waals surface area contributed by atoms with Crippen molar-refractivity contribution < 1.29 is 9.90 Å². The first kappa shape index (κ1) is 13.1. The Bertz CT molecular complexity index is 590. The van der Waals surface area contributed by atoms with Gasteiger partial charge >= 0.3 is 0 Å². The molecule has 0 aromatic carbocycles. The third-order valence-corrected chi connectivity index (χ3v) is 3.94. The van der Waals surface area contributed by atoms with Gasteiger partial charge < -0.3 is 14.4 Å². The van der Waals surface area contributed by atoms with Gasteiger partial charge in [0, 0.05) is 25.5 Å². The number of imidazole rings is 1. The molecule has 1 amide bonds. The van der Waals surface area contributed by atoms with Crippen molar-refractivity contribution in [1.29, 1.82) is 0 Å². The van der Waals surface area contributed by atoms with Gasteiger partial charge in [0.1, 0.15) is 5.65 Å². The molecule has 0 saturated carbocycles. The molecule has 2 aromatic rings. The van der Waals surface area contributed by atoms with Gasteiger partial charge in [0.25, 0.3) is 0 Å². The van der Waals surface area contributed by atoms with Crippen molar-refractivity contribution in [2.24, 2.45) is 0 Å². The summed E-state index contributed by atoms with van der Waals surface area (Å²) >= 11 is 0. The van der Waals surface area contributed by atoms with E-state index in [2.05, 4.69) is 4.98 Å². The third kappa shape index (κ3) is 2.67. The van der Waals surface area contributed by atoms with Gasteiger partial charge in [0.15, 0.2) is 0 Å². The summed E-state index contributed by atoms with van der Waals surface area (Å²) in [6.45, 7) is 3.08. The van der Waals surface area contributed by atoms with Crippen LogP contribution in [0.2, 0.25) is 0 Å². The molecule has 1 saturated heterocycles. The number of hydrogen-bond acceptors (Lipinski definition) is 3. The topological polar surface area (TPSA) is 57.8 Å². The van der Waals surface area contributed by atoms with Crippen molar-refractivity contribution in [3.05, 3.63) is 36.3 Å². The van der Waals surface area contributed by atoms with Crippen molar-refractivity contribution in [3.8, 4) is 0 Å². The molecule has 106 valence electrons. The van der Waals surface area contributed by atoms with Crippen molar-refractivity contribution in [2.45, 2.75) is 31.8 Å². The monoisotopic (exact) mass is 273 g/mol. The molecule has 1 aliphatic rings. The van der Waals surface area contributed by atoms with Gasteiger partial charge in [0.05, 0.1) is 17.7 Å². The number of nitrogens with zero attached hydrogens (tertiary/aromatic N) is 3. The quantitative estimate of drug-likeness (QED) is 0.896. The highest BCUT2D eigenvalue weighted by molar-refractivity contribution is 5.78. The molecule has 0 atom stereocenters. The Hall–Kier alpha value is -1.88. The molecule has 5 heteroatoms. The van der Waals surface area contributed by atoms with E-state index in [1.165, 1.54) is 0 Å². The lowest BCUT2D eigenvalue weighted by molar-refractivity contribution is -0.134. The maximum absolute atomic E-state index is 12.3. The van der Waals surface area contributed by atoms with Crippen LogP contribution >= 0.6 is 0 Å². The standard InChI is InChI=1S/C15H19N3O2/c1-15(20)5-8-17(9-6-15)14(19)10-12-11-18-7-3-2-4-13(18)16-12/h2-4,7,11,20H,5-6,8-10H2,1H3. The Morgan fingerprint density at radius 2 is 2.15 bits per heavy atom. The van der Waals surface area contributed by atoms with Crippen LogP contribution in [0.15, 0.2) is 30.6 Å². The highest BCUT2D eigenvalue weighted by Crippen LogP contribution is 2.21. The normalized spacial score (nSPS) is 18.4. The number of fused-ring (bicyclic) bond motifs is 1. The van der Waals surface area contributed by atoms with Gasteiger partial charge in [-0.3, -0.25) is 4.79 Å². The summed E-state index contributed by atoms with van der Waals surface area (Å²) in [5, 5.41) is 9.91. The summed E-state index contributed by atoms with van der Waals surface area (Å²) in [6, 6.07) is 5.79. The van der Waals surface area contributed by atoms with Crippen LogP contribution in [-0.2, 0) is 11.2 Å². The number of hydrogen-bond donors (Lipinski definition) is 1. The summed E-state index contributed by atoms with van der Waals surface area (Å²) in [6.07, 6.45) is 5.43. The molecule has 5 nitrogen and oxygen atoms in total. The van der Waals surface area contributed by atoms with E-state index in [4.69, 9.17) is 0 Å². The number of piperidine rings is 1. The van der Waals surface area contributed by atoms with Crippen LogP contribution in [0.5, 0.6) is 0 Å². The van der Waals surface area contributed by atoms with Gasteiger partial charge in [-0.15, -0.1) is 0 Å². The lowest BCUT2D eigenvalue weighted by Crippen LogP contribution is -2.45. The smallest absolute Gasteiger partial charge is 0.228 e. The maximum atomic E-state index is 12.3. The first-order valence-electron chi connectivity index (χ1n) is 6.96. The summed E-state index contributed by atoms with van der Waals surface area (Å²) in [5.41, 5.74) is 1.02. The molecule has 0 bridgehead atoms. The van der Waals surface area contributed by atoms with Crippen LogP contribution in [0.1, 0.15) is 25.5 Å². The fourth-order valence-electron chi connectivity index (χ4n) is 2.58. The minimum atomic E-state index is -0.625. The van der Waals surface area contributed by atoms with Crippen LogP contribution in [0.4, 0.5) is 0 Å². The van der Waals surface area contributed by atoms with Crippen molar-refractivity contribution >= 4 is 11.6 Å². The second-order valence-corrected chi connectivity index (χ2v) is 5.75. The van der Waals surface area contributed by atoms with Gasteiger partial charge in [-0.25, -0.2) is 4.98 Å². The summed E-state index contributed by atoms with van der Waals surface area (Å²) in [4.78, 5) is 18.5. The Balaban J connectivity index is 1.67. The van der Waals surface area contributed by atoms with E-state index >= 15 is 0 Å². The average molecular weight is 273 g/mol. The highest BCUT2D eigenvalue weighted by Gasteiger charge is 2.29. The zero-order valence-electron chi connectivity index (χ0n) is 11.6. The first-order chi connectivity index (χ1) is 9.53. The summed E-state index contributed by atoms with van der Waals surface area (Å²) in [5.74, 6) is 0.0870. The van der Waals surface area contributed by atoms with E-state index in [1.54, 1.807) is 0 Å². The van der Waals surface area contributed by atoms with E-state index in [0.29, 0.717) is 32.4 Å². The van der Waals surface area contributed by atoms with Crippen LogP contribution in [0, 0.1) is 0 Å². The van der Waals surface area contributed by atoms with Gasteiger partial charge in [-0.1, -0.05) is 6.07 Å². The van der Waals surface area contributed by atoms with E-state index < -0.39 is 5.60 Å². The van der Waals surface area contributed by atoms with E-state index in [0.717, 1.165) is 11.3 Å². The van der Waals surface area contributed by atoms with Crippen LogP contribution < -0.4 is 0 Å². The Labute approximate surface area is 117 Å². The average Bonchev–Trinajstić information content (AvgIpc) is 2.80. The predicted octanol–water partition coefficient (Wildman–Crippen LogP) is 1.25. The molecule has 0 radical (unpaired) electrons. The van der Waals surface area contributed by atoms with Gasteiger partial charge in [-0.05, 0) is 31.9 Å². The molecular weight excluding hydrogens is 254 g/mol. The molecule has 1 fully saturated rings. The molecule has 0 aliphatic carbocycles. The lowest BCUT2D eigenvalue weighted by atomic mass is 9.93. The summed E-state index contributed by atoms with van der Waals surface area (Å²) < 4.78 is 1.92. The minimum Gasteiger partial charge on any atom is -0.390 e. The number of rotatable bonds is 2. The Morgan fingerprint density at radius 1 is 1.40 bits per heavy atom. The van der Waals surface area contributed by atoms with Crippen LogP contribution in [0.25, 0.3) is 5.65 Å². The van der Waals surface area contributed by atoms with E-state index in [1.807, 2.05) is 46.8 Å². The molecule has 0 unspecified atom stereocenters. The zero-order valence-corrected chi connectivity index (χ0v) is 11.6. The Kier molecular flexibility index (Phi) is 3.22. The molecule has 3 rings (SSSR count). The van der Waals surface area contributed by atoms with Crippen molar-refractivity contribution in [2.75, 3.05) is 13.1 Å². The molecular formula is C15H19N3O2. The van der Waals surface area contributed by atoms with Crippen molar-refractivity contribution in [3.63, 3.8) is 0 Å². The fourth-order valence-corrected chi connectivity index (χ4v) is 2.58. The number of carbonyl (C=O) groups is 1. The fraction of sp³-hybridized carbons (Fsp3) is 0.467. The van der Waals surface area contributed by atoms with E-state index in [-0.39, 0.29) is 5.91 Å². The van der Waals surface area contributed by atoms with E-state index in [9.17, 15) is 9.90 Å².